The topological polar surface area (TPSA) is 50.5 Å². The Kier molecular flexibility index (Phi) is 4.22. The van der Waals surface area contributed by atoms with Gasteiger partial charge in [-0.15, -0.1) is 0 Å². The molecule has 0 radical (unpaired) electrons. The highest BCUT2D eigenvalue weighted by Crippen LogP contribution is 2.26. The lowest BCUT2D eigenvalue weighted by molar-refractivity contribution is 0.196. The van der Waals surface area contributed by atoms with Gasteiger partial charge >= 0.3 is 0 Å². The first-order valence-corrected chi connectivity index (χ1v) is 7.02. The standard InChI is InChI=1S/C18H17N3O/c19-15-11-13-18(14-12-15)21(17-9-5-2-6-10-17)22-20-16-7-3-1-4-8-16/h1-14,20H,19H2. The third-order valence-electron chi connectivity index (χ3n) is 3.15. The fourth-order valence-corrected chi connectivity index (χ4v) is 2.03. The summed E-state index contributed by atoms with van der Waals surface area (Å²) in [6, 6.07) is 27.1. The van der Waals surface area contributed by atoms with Crippen LogP contribution >= 0.6 is 0 Å². The van der Waals surface area contributed by atoms with Crippen molar-refractivity contribution < 1.29 is 4.94 Å². The Morgan fingerprint density at radius 3 is 1.86 bits per heavy atom. The first-order chi connectivity index (χ1) is 10.8. The molecule has 0 aliphatic rings. The van der Waals surface area contributed by atoms with E-state index in [0.29, 0.717) is 5.69 Å². The molecule has 3 aromatic rings. The van der Waals surface area contributed by atoms with Crippen LogP contribution in [0.5, 0.6) is 0 Å². The Hall–Kier alpha value is -2.98. The molecule has 4 heteroatoms. The average Bonchev–Trinajstić information content (AvgIpc) is 2.58. The van der Waals surface area contributed by atoms with Crippen LogP contribution in [0.3, 0.4) is 0 Å². The van der Waals surface area contributed by atoms with E-state index >= 15 is 0 Å². The second kappa shape index (κ2) is 6.65. The monoisotopic (exact) mass is 291 g/mol. The van der Waals surface area contributed by atoms with E-state index < -0.39 is 0 Å². The predicted octanol–water partition coefficient (Wildman–Crippen LogP) is 4.37. The summed E-state index contributed by atoms with van der Waals surface area (Å²) in [5.74, 6) is 0. The Labute approximate surface area is 129 Å². The SMILES string of the molecule is Nc1ccc(N(ONc2ccccc2)c2ccccc2)cc1. The van der Waals surface area contributed by atoms with Crippen LogP contribution in [0.1, 0.15) is 0 Å². The highest BCUT2D eigenvalue weighted by molar-refractivity contribution is 5.62. The zero-order valence-corrected chi connectivity index (χ0v) is 12.0. The zero-order valence-electron chi connectivity index (χ0n) is 12.0. The van der Waals surface area contributed by atoms with Crippen LogP contribution in [0.2, 0.25) is 0 Å². The summed E-state index contributed by atoms with van der Waals surface area (Å²) >= 11 is 0. The second-order valence-electron chi connectivity index (χ2n) is 4.78. The number of benzene rings is 3. The summed E-state index contributed by atoms with van der Waals surface area (Å²) in [4.78, 5) is 5.78. The molecule has 110 valence electrons. The minimum atomic E-state index is 0.716. The van der Waals surface area contributed by atoms with Gasteiger partial charge in [0.1, 0.15) is 0 Å². The molecule has 0 bridgehead atoms. The number of anilines is 4. The largest absolute Gasteiger partial charge is 0.399 e. The van der Waals surface area contributed by atoms with E-state index in [1.165, 1.54) is 0 Å². The molecular formula is C18H17N3O. The fourth-order valence-electron chi connectivity index (χ4n) is 2.03. The van der Waals surface area contributed by atoms with Crippen LogP contribution in [0.4, 0.5) is 22.7 Å². The van der Waals surface area contributed by atoms with Crippen LogP contribution in [0.15, 0.2) is 84.9 Å². The lowest BCUT2D eigenvalue weighted by atomic mass is 10.2. The number of nitrogens with one attached hydrogen (secondary N) is 1. The molecule has 0 aromatic heterocycles. The number of rotatable bonds is 5. The average molecular weight is 291 g/mol. The number of nitrogen functional groups attached to an aromatic ring is 1. The summed E-state index contributed by atoms with van der Waals surface area (Å²) in [7, 11) is 0. The van der Waals surface area contributed by atoms with E-state index in [-0.39, 0.29) is 0 Å². The Balaban J connectivity index is 1.85. The first kappa shape index (κ1) is 14.0. The summed E-state index contributed by atoms with van der Waals surface area (Å²) in [6.07, 6.45) is 0. The van der Waals surface area contributed by atoms with Crippen molar-refractivity contribution in [3.8, 4) is 0 Å². The van der Waals surface area contributed by atoms with Crippen LogP contribution in [-0.2, 0) is 4.94 Å². The van der Waals surface area contributed by atoms with Crippen molar-refractivity contribution >= 4 is 22.7 Å². The van der Waals surface area contributed by atoms with E-state index in [1.807, 2.05) is 84.9 Å². The fraction of sp³-hybridized carbons (Fsp3) is 0. The molecule has 0 fully saturated rings. The molecule has 0 aliphatic carbocycles. The van der Waals surface area contributed by atoms with Crippen molar-refractivity contribution in [2.45, 2.75) is 0 Å². The zero-order chi connectivity index (χ0) is 15.2. The lowest BCUT2D eigenvalue weighted by Crippen LogP contribution is -2.21. The summed E-state index contributed by atoms with van der Waals surface area (Å²) in [5, 5.41) is 1.71. The molecule has 4 nitrogen and oxygen atoms in total. The van der Waals surface area contributed by atoms with Gasteiger partial charge in [0.05, 0.1) is 17.1 Å². The number of nitrogens with two attached hydrogens (primary N) is 1. The van der Waals surface area contributed by atoms with Gasteiger partial charge in [-0.2, -0.15) is 10.0 Å². The van der Waals surface area contributed by atoms with Gasteiger partial charge in [-0.3, -0.25) is 0 Å². The number of hydrogen-bond donors (Lipinski definition) is 2. The number of hydrogen-bond acceptors (Lipinski definition) is 4. The van der Waals surface area contributed by atoms with Crippen LogP contribution in [0, 0.1) is 0 Å². The molecule has 0 unspecified atom stereocenters. The smallest absolute Gasteiger partial charge is 0.0721 e. The maximum Gasteiger partial charge on any atom is 0.0721 e. The van der Waals surface area contributed by atoms with Crippen LogP contribution in [-0.4, -0.2) is 0 Å². The summed E-state index contributed by atoms with van der Waals surface area (Å²) in [6.45, 7) is 0. The quantitative estimate of drug-likeness (QED) is 0.541. The normalized spacial score (nSPS) is 10.2. The molecular weight excluding hydrogens is 274 g/mol. The molecule has 3 N–H and O–H groups in total. The Morgan fingerprint density at radius 1 is 0.682 bits per heavy atom. The second-order valence-corrected chi connectivity index (χ2v) is 4.78. The number of nitrogens with zero attached hydrogens (tertiary/aromatic N) is 1. The van der Waals surface area contributed by atoms with Gasteiger partial charge in [-0.25, -0.2) is 5.48 Å². The van der Waals surface area contributed by atoms with E-state index in [2.05, 4.69) is 5.48 Å². The minimum Gasteiger partial charge on any atom is -0.399 e. The van der Waals surface area contributed by atoms with Crippen LogP contribution < -0.4 is 16.3 Å². The molecule has 0 aliphatic heterocycles. The molecule has 0 atom stereocenters. The maximum absolute atomic E-state index is 5.78. The molecule has 0 spiro atoms. The third kappa shape index (κ3) is 3.37. The van der Waals surface area contributed by atoms with Crippen molar-refractivity contribution in [1.82, 2.24) is 0 Å². The van der Waals surface area contributed by atoms with Crippen molar-refractivity contribution in [2.24, 2.45) is 0 Å². The summed E-state index contributed by atoms with van der Waals surface area (Å²) in [5.41, 5.74) is 12.1. The molecule has 3 rings (SSSR count). The minimum absolute atomic E-state index is 0.716. The molecule has 0 saturated heterocycles. The van der Waals surface area contributed by atoms with Gasteiger partial charge < -0.3 is 5.73 Å². The van der Waals surface area contributed by atoms with E-state index in [1.54, 1.807) is 5.06 Å². The van der Waals surface area contributed by atoms with Gasteiger partial charge in [0.15, 0.2) is 0 Å². The van der Waals surface area contributed by atoms with Gasteiger partial charge in [0.2, 0.25) is 0 Å². The summed E-state index contributed by atoms with van der Waals surface area (Å²) < 4.78 is 0. The molecule has 0 heterocycles. The maximum atomic E-state index is 5.78. The van der Waals surface area contributed by atoms with Crippen LogP contribution in [0.25, 0.3) is 0 Å². The lowest BCUT2D eigenvalue weighted by Gasteiger charge is -2.23. The molecule has 0 amide bonds. The number of para-hydroxylation sites is 2. The van der Waals surface area contributed by atoms with Crippen molar-refractivity contribution in [2.75, 3.05) is 16.3 Å². The van der Waals surface area contributed by atoms with Gasteiger partial charge in [-0.05, 0) is 48.5 Å². The molecule has 22 heavy (non-hydrogen) atoms. The van der Waals surface area contributed by atoms with Crippen molar-refractivity contribution in [1.29, 1.82) is 0 Å². The third-order valence-corrected chi connectivity index (χ3v) is 3.15. The van der Waals surface area contributed by atoms with Gasteiger partial charge in [0, 0.05) is 5.69 Å². The highest BCUT2D eigenvalue weighted by Gasteiger charge is 2.10. The Morgan fingerprint density at radius 2 is 1.23 bits per heavy atom. The Bertz CT molecular complexity index is 699. The van der Waals surface area contributed by atoms with Crippen molar-refractivity contribution in [3.05, 3.63) is 84.9 Å². The van der Waals surface area contributed by atoms with E-state index in [4.69, 9.17) is 10.7 Å². The molecule has 3 aromatic carbocycles. The van der Waals surface area contributed by atoms with Gasteiger partial charge in [0.25, 0.3) is 0 Å². The van der Waals surface area contributed by atoms with E-state index in [9.17, 15) is 0 Å². The predicted molar refractivity (Wildman–Crippen MR) is 90.6 cm³/mol. The first-order valence-electron chi connectivity index (χ1n) is 7.02. The molecule has 0 saturated carbocycles. The highest BCUT2D eigenvalue weighted by atomic mass is 16.8. The van der Waals surface area contributed by atoms with E-state index in [0.717, 1.165) is 17.1 Å². The van der Waals surface area contributed by atoms with Gasteiger partial charge in [-0.1, -0.05) is 36.4 Å². The van der Waals surface area contributed by atoms with Crippen molar-refractivity contribution in [3.63, 3.8) is 0 Å².